The average Bonchev–Trinajstić information content (AvgIpc) is 2.57. The Morgan fingerprint density at radius 3 is 1.46 bits per heavy atom. The van der Waals surface area contributed by atoms with Gasteiger partial charge >= 0.3 is 12.2 Å². The highest BCUT2D eigenvalue weighted by molar-refractivity contribution is 5.64. The topological polar surface area (TPSA) is 168 Å². The maximum atomic E-state index is 9.76. The van der Waals surface area contributed by atoms with Gasteiger partial charge in [0, 0.05) is 39.3 Å². The number of carbonyl (C=O) groups is 2. The van der Waals surface area contributed by atoms with Crippen molar-refractivity contribution in [2.24, 2.45) is 5.73 Å². The molecule has 0 fully saturated rings. The van der Waals surface area contributed by atoms with Crippen LogP contribution in [0.1, 0.15) is 39.5 Å². The van der Waals surface area contributed by atoms with Crippen molar-refractivity contribution in [1.29, 1.82) is 0 Å². The van der Waals surface area contributed by atoms with Gasteiger partial charge in [-0.3, -0.25) is 4.90 Å². The Kier molecular flexibility index (Phi) is 28.7. The van der Waals surface area contributed by atoms with Gasteiger partial charge in [-0.05, 0) is 12.8 Å². The van der Waals surface area contributed by atoms with Crippen LogP contribution in [0.3, 0.4) is 0 Å². The number of aliphatic hydroxyl groups is 2. The van der Waals surface area contributed by atoms with Crippen molar-refractivity contribution >= 4 is 12.2 Å². The summed E-state index contributed by atoms with van der Waals surface area (Å²) < 4.78 is 0. The van der Waals surface area contributed by atoms with E-state index in [0.717, 1.165) is 32.2 Å². The fourth-order valence-electron chi connectivity index (χ4n) is 1.55. The molecule has 0 radical (unpaired) electrons. The minimum Gasteiger partial charge on any atom is -0.465 e. The maximum absolute atomic E-state index is 9.76. The van der Waals surface area contributed by atoms with Crippen LogP contribution in [0.4, 0.5) is 9.59 Å². The van der Waals surface area contributed by atoms with Crippen LogP contribution in [0.5, 0.6) is 0 Å². The van der Waals surface area contributed by atoms with E-state index < -0.39 is 12.2 Å². The molecule has 26 heavy (non-hydrogen) atoms. The molecule has 8 N–H and O–H groups in total. The highest BCUT2D eigenvalue weighted by Gasteiger charge is 1.99. The zero-order valence-electron chi connectivity index (χ0n) is 16.1. The molecular weight excluding hydrogens is 344 g/mol. The minimum absolute atomic E-state index is 0.125. The largest absolute Gasteiger partial charge is 0.465 e. The highest BCUT2D eigenvalue weighted by Crippen LogP contribution is 1.83. The van der Waals surface area contributed by atoms with Crippen molar-refractivity contribution < 1.29 is 30.0 Å². The number of nitrogens with zero attached hydrogens (tertiary/aromatic N) is 1. The van der Waals surface area contributed by atoms with E-state index in [1.807, 2.05) is 18.7 Å². The van der Waals surface area contributed by atoms with Crippen LogP contribution in [0, 0.1) is 0 Å². The lowest BCUT2D eigenvalue weighted by molar-refractivity contribution is 0.164. The summed E-state index contributed by atoms with van der Waals surface area (Å²) in [5.74, 6) is 0. The second kappa shape index (κ2) is 25.6. The predicted molar refractivity (Wildman–Crippen MR) is 102 cm³/mol. The first-order chi connectivity index (χ1) is 12.4. The minimum atomic E-state index is -0.932. The van der Waals surface area contributed by atoms with Crippen molar-refractivity contribution in [2.45, 2.75) is 39.5 Å². The van der Waals surface area contributed by atoms with Gasteiger partial charge in [0.15, 0.2) is 0 Å². The monoisotopic (exact) mass is 382 g/mol. The first kappa shape index (κ1) is 29.2. The van der Waals surface area contributed by atoms with E-state index in [9.17, 15) is 9.59 Å². The molecule has 0 unspecified atom stereocenters. The van der Waals surface area contributed by atoms with Crippen LogP contribution >= 0.6 is 0 Å². The molecule has 10 nitrogen and oxygen atoms in total. The van der Waals surface area contributed by atoms with Crippen molar-refractivity contribution in [3.8, 4) is 0 Å². The molecule has 0 aliphatic heterocycles. The highest BCUT2D eigenvalue weighted by atomic mass is 16.4. The summed E-state index contributed by atoms with van der Waals surface area (Å²) in [6.45, 7) is 7.93. The molecule has 158 valence electrons. The van der Waals surface area contributed by atoms with Gasteiger partial charge in [0.25, 0.3) is 0 Å². The Morgan fingerprint density at radius 2 is 1.23 bits per heavy atom. The van der Waals surface area contributed by atoms with Crippen molar-refractivity contribution in [1.82, 2.24) is 15.5 Å². The summed E-state index contributed by atoms with van der Waals surface area (Å²) in [6, 6.07) is 0. The summed E-state index contributed by atoms with van der Waals surface area (Å²) >= 11 is 0. The van der Waals surface area contributed by atoms with E-state index in [4.69, 9.17) is 26.2 Å². The summed E-state index contributed by atoms with van der Waals surface area (Å²) in [4.78, 5) is 21.4. The first-order valence-electron chi connectivity index (χ1n) is 8.97. The van der Waals surface area contributed by atoms with Crippen LogP contribution in [0.25, 0.3) is 0 Å². The lowest BCUT2D eigenvalue weighted by atomic mass is 10.3. The second-order valence-electron chi connectivity index (χ2n) is 5.25. The molecule has 0 spiro atoms. The normalized spacial score (nSPS) is 9.46. The summed E-state index contributed by atoms with van der Waals surface area (Å²) in [5, 5.41) is 37.6. The van der Waals surface area contributed by atoms with Crippen LogP contribution in [0.15, 0.2) is 0 Å². The number of amides is 2. The van der Waals surface area contributed by atoms with E-state index in [1.54, 1.807) is 0 Å². The molecule has 10 heteroatoms. The fraction of sp³-hybridized carbons (Fsp3) is 0.875. The lowest BCUT2D eigenvalue weighted by Crippen LogP contribution is -2.34. The van der Waals surface area contributed by atoms with Gasteiger partial charge in [-0.2, -0.15) is 0 Å². The van der Waals surface area contributed by atoms with Gasteiger partial charge in [0.2, 0.25) is 0 Å². The summed E-state index contributed by atoms with van der Waals surface area (Å²) in [7, 11) is 0. The molecule has 0 aromatic rings. The molecule has 0 rings (SSSR count). The van der Waals surface area contributed by atoms with Gasteiger partial charge in [0.05, 0.1) is 13.2 Å². The SMILES string of the molecule is CCCCNC(=O)O.CCCCNC(=O)O.NCCN(CCO)CCO. The predicted octanol–water partition coefficient (Wildman–Crippen LogP) is 0.340. The van der Waals surface area contributed by atoms with Crippen molar-refractivity contribution in [3.05, 3.63) is 0 Å². The van der Waals surface area contributed by atoms with E-state index in [0.29, 0.717) is 32.7 Å². The zero-order valence-corrected chi connectivity index (χ0v) is 16.1. The van der Waals surface area contributed by atoms with Crippen LogP contribution in [-0.2, 0) is 0 Å². The number of carboxylic acid groups (broad SMARTS) is 2. The van der Waals surface area contributed by atoms with E-state index in [-0.39, 0.29) is 13.2 Å². The Labute approximate surface area is 156 Å². The zero-order chi connectivity index (χ0) is 20.6. The number of rotatable bonds is 12. The van der Waals surface area contributed by atoms with Crippen LogP contribution in [-0.4, -0.2) is 90.0 Å². The Bertz CT molecular complexity index is 274. The Balaban J connectivity index is -0.000000308. The number of hydrogen-bond acceptors (Lipinski definition) is 6. The average molecular weight is 383 g/mol. The molecule has 0 aromatic heterocycles. The molecule has 0 bridgehead atoms. The number of nitrogens with two attached hydrogens (primary N) is 1. The van der Waals surface area contributed by atoms with Crippen LogP contribution < -0.4 is 16.4 Å². The number of unbranched alkanes of at least 4 members (excludes halogenated alkanes) is 2. The standard InChI is InChI=1S/C6H16N2O2.2C5H11NO2/c7-1-2-8(3-5-9)4-6-10;2*1-2-3-4-6-5(7)8/h9-10H,1-7H2;2*6H,2-4H2,1H3,(H,7,8). The number of hydrogen-bond donors (Lipinski definition) is 7. The van der Waals surface area contributed by atoms with E-state index >= 15 is 0 Å². The summed E-state index contributed by atoms with van der Waals surface area (Å²) in [5.41, 5.74) is 5.29. The van der Waals surface area contributed by atoms with Gasteiger partial charge in [-0.1, -0.05) is 26.7 Å². The number of aliphatic hydroxyl groups excluding tert-OH is 2. The summed E-state index contributed by atoms with van der Waals surface area (Å²) in [6.07, 6.45) is 2.04. The molecule has 0 saturated heterocycles. The van der Waals surface area contributed by atoms with E-state index in [1.165, 1.54) is 0 Å². The third-order valence-corrected chi connectivity index (χ3v) is 2.89. The Morgan fingerprint density at radius 1 is 0.846 bits per heavy atom. The van der Waals surface area contributed by atoms with Gasteiger partial charge in [-0.15, -0.1) is 0 Å². The van der Waals surface area contributed by atoms with Crippen molar-refractivity contribution in [3.63, 3.8) is 0 Å². The molecule has 0 atom stereocenters. The van der Waals surface area contributed by atoms with Gasteiger partial charge in [0.1, 0.15) is 0 Å². The molecule has 0 saturated carbocycles. The van der Waals surface area contributed by atoms with Crippen molar-refractivity contribution in [2.75, 3.05) is 52.5 Å². The fourth-order valence-corrected chi connectivity index (χ4v) is 1.55. The second-order valence-corrected chi connectivity index (χ2v) is 5.25. The van der Waals surface area contributed by atoms with E-state index in [2.05, 4.69) is 10.6 Å². The van der Waals surface area contributed by atoms with Crippen LogP contribution in [0.2, 0.25) is 0 Å². The first-order valence-corrected chi connectivity index (χ1v) is 8.97. The quantitative estimate of drug-likeness (QED) is 0.237. The number of nitrogens with one attached hydrogen (secondary N) is 2. The molecular formula is C16H38N4O6. The third kappa shape index (κ3) is 33.9. The maximum Gasteiger partial charge on any atom is 0.404 e. The van der Waals surface area contributed by atoms with Gasteiger partial charge in [-0.25, -0.2) is 9.59 Å². The molecule has 0 aromatic carbocycles. The molecule has 2 amide bonds. The molecule has 0 aliphatic carbocycles. The molecule has 0 aliphatic rings. The lowest BCUT2D eigenvalue weighted by Gasteiger charge is -2.18. The third-order valence-electron chi connectivity index (χ3n) is 2.89. The molecule has 0 heterocycles. The van der Waals surface area contributed by atoms with Gasteiger partial charge < -0.3 is 36.8 Å². The smallest absolute Gasteiger partial charge is 0.404 e. The Hall–Kier alpha value is -1.62.